The average Bonchev–Trinajstić information content (AvgIpc) is 2.91. The van der Waals surface area contributed by atoms with E-state index in [0.29, 0.717) is 18.3 Å². The molecule has 2 saturated heterocycles. The van der Waals surface area contributed by atoms with E-state index in [9.17, 15) is 0 Å². The maximum absolute atomic E-state index is 5.99. The molecule has 2 rings (SSSR count). The van der Waals surface area contributed by atoms with Gasteiger partial charge in [-0.15, -0.1) is 0 Å². The first-order chi connectivity index (χ1) is 8.28. The molecule has 1 N–H and O–H groups in total. The van der Waals surface area contributed by atoms with Crippen molar-refractivity contribution in [2.45, 2.75) is 44.0 Å². The largest absolute Gasteiger partial charge is 0.377 e. The summed E-state index contributed by atoms with van der Waals surface area (Å²) in [6.07, 6.45) is 6.12. The second-order valence-corrected chi connectivity index (χ2v) is 5.37. The van der Waals surface area contributed by atoms with Crippen LogP contribution in [0.3, 0.4) is 0 Å². The molecule has 100 valence electrons. The van der Waals surface area contributed by atoms with Crippen molar-refractivity contribution in [3.05, 3.63) is 0 Å². The first-order valence-corrected chi connectivity index (χ1v) is 6.88. The number of nitrogens with one attached hydrogen (secondary N) is 1. The van der Waals surface area contributed by atoms with Gasteiger partial charge in [0.2, 0.25) is 0 Å². The van der Waals surface area contributed by atoms with Crippen LogP contribution in [-0.4, -0.2) is 63.5 Å². The van der Waals surface area contributed by atoms with E-state index < -0.39 is 0 Å². The summed E-state index contributed by atoms with van der Waals surface area (Å²) in [5.74, 6) is 0. The molecule has 4 nitrogen and oxygen atoms in total. The van der Waals surface area contributed by atoms with Gasteiger partial charge in [0.05, 0.1) is 18.3 Å². The molecule has 2 heterocycles. The van der Waals surface area contributed by atoms with Gasteiger partial charge in [0.15, 0.2) is 0 Å². The molecule has 17 heavy (non-hydrogen) atoms. The maximum Gasteiger partial charge on any atom is 0.0707 e. The molecule has 3 unspecified atom stereocenters. The van der Waals surface area contributed by atoms with Crippen LogP contribution < -0.4 is 5.32 Å². The quantitative estimate of drug-likeness (QED) is 0.749. The van der Waals surface area contributed by atoms with Crippen molar-refractivity contribution in [3.63, 3.8) is 0 Å². The molecule has 0 aliphatic carbocycles. The van der Waals surface area contributed by atoms with Crippen LogP contribution in [0.25, 0.3) is 0 Å². The van der Waals surface area contributed by atoms with Gasteiger partial charge >= 0.3 is 0 Å². The third-order valence-corrected chi connectivity index (χ3v) is 3.68. The zero-order valence-electron chi connectivity index (χ0n) is 11.2. The number of ether oxygens (including phenoxy) is 2. The van der Waals surface area contributed by atoms with Crippen molar-refractivity contribution in [1.29, 1.82) is 0 Å². The number of hydrogen-bond acceptors (Lipinski definition) is 4. The second kappa shape index (κ2) is 6.69. The van der Waals surface area contributed by atoms with Gasteiger partial charge < -0.3 is 19.7 Å². The van der Waals surface area contributed by atoms with Crippen molar-refractivity contribution in [1.82, 2.24) is 10.2 Å². The maximum atomic E-state index is 5.99. The van der Waals surface area contributed by atoms with Gasteiger partial charge in [0.25, 0.3) is 0 Å². The minimum Gasteiger partial charge on any atom is -0.377 e. The highest BCUT2D eigenvalue weighted by atomic mass is 16.5. The highest BCUT2D eigenvalue weighted by Crippen LogP contribution is 2.20. The van der Waals surface area contributed by atoms with E-state index in [2.05, 4.69) is 17.3 Å². The number of nitrogens with zero attached hydrogens (tertiary/aromatic N) is 1. The average molecular weight is 242 g/mol. The molecule has 0 spiro atoms. The van der Waals surface area contributed by atoms with Crippen molar-refractivity contribution >= 4 is 0 Å². The normalized spacial score (nSPS) is 33.7. The van der Waals surface area contributed by atoms with Crippen LogP contribution in [0.4, 0.5) is 0 Å². The highest BCUT2D eigenvalue weighted by Gasteiger charge is 2.26. The fourth-order valence-electron chi connectivity index (χ4n) is 2.85. The Balaban J connectivity index is 1.63. The van der Waals surface area contributed by atoms with Gasteiger partial charge in [-0.25, -0.2) is 0 Å². The Morgan fingerprint density at radius 2 is 1.88 bits per heavy atom. The smallest absolute Gasteiger partial charge is 0.0707 e. The van der Waals surface area contributed by atoms with E-state index in [1.54, 1.807) is 0 Å². The lowest BCUT2D eigenvalue weighted by Gasteiger charge is -2.23. The Labute approximate surface area is 105 Å². The van der Waals surface area contributed by atoms with Gasteiger partial charge in [0.1, 0.15) is 0 Å². The Morgan fingerprint density at radius 1 is 1.12 bits per heavy atom. The molecule has 0 aromatic rings. The molecule has 0 aromatic heterocycles. The van der Waals surface area contributed by atoms with Crippen LogP contribution in [0.15, 0.2) is 0 Å². The van der Waals surface area contributed by atoms with Crippen LogP contribution in [0, 0.1) is 0 Å². The fourth-order valence-corrected chi connectivity index (χ4v) is 2.85. The summed E-state index contributed by atoms with van der Waals surface area (Å²) in [7, 11) is 4.16. The van der Waals surface area contributed by atoms with E-state index in [1.165, 1.54) is 25.7 Å². The van der Waals surface area contributed by atoms with Crippen LogP contribution in [0.1, 0.15) is 25.7 Å². The summed E-state index contributed by atoms with van der Waals surface area (Å²) in [5.41, 5.74) is 0. The van der Waals surface area contributed by atoms with E-state index in [-0.39, 0.29) is 0 Å². The number of hydrogen-bond donors (Lipinski definition) is 1. The lowest BCUT2D eigenvalue weighted by atomic mass is 10.2. The van der Waals surface area contributed by atoms with Gasteiger partial charge in [-0.3, -0.25) is 0 Å². The minimum absolute atomic E-state index is 0.416. The predicted molar refractivity (Wildman–Crippen MR) is 68.3 cm³/mol. The van der Waals surface area contributed by atoms with E-state index >= 15 is 0 Å². The molecule has 3 atom stereocenters. The molecule has 0 aromatic carbocycles. The fraction of sp³-hybridized carbons (Fsp3) is 1.00. The minimum atomic E-state index is 0.416. The van der Waals surface area contributed by atoms with Crippen molar-refractivity contribution in [2.75, 3.05) is 40.3 Å². The van der Waals surface area contributed by atoms with Crippen molar-refractivity contribution < 1.29 is 9.47 Å². The molecule has 2 aliphatic rings. The van der Waals surface area contributed by atoms with E-state index in [0.717, 1.165) is 26.2 Å². The van der Waals surface area contributed by atoms with Crippen LogP contribution in [0.2, 0.25) is 0 Å². The third kappa shape index (κ3) is 4.21. The summed E-state index contributed by atoms with van der Waals surface area (Å²) < 4.78 is 11.6. The van der Waals surface area contributed by atoms with Crippen molar-refractivity contribution in [2.24, 2.45) is 0 Å². The monoisotopic (exact) mass is 242 g/mol. The summed E-state index contributed by atoms with van der Waals surface area (Å²) in [5, 5.41) is 3.18. The Bertz CT molecular complexity index is 219. The van der Waals surface area contributed by atoms with Crippen LogP contribution in [-0.2, 0) is 9.47 Å². The first-order valence-electron chi connectivity index (χ1n) is 6.88. The third-order valence-electron chi connectivity index (χ3n) is 3.68. The molecule has 2 fully saturated rings. The van der Waals surface area contributed by atoms with Gasteiger partial charge in [-0.2, -0.15) is 0 Å². The molecule has 2 aliphatic heterocycles. The Hall–Kier alpha value is -0.160. The summed E-state index contributed by atoms with van der Waals surface area (Å²) >= 11 is 0. The highest BCUT2D eigenvalue weighted by molar-refractivity contribution is 4.78. The molecule has 0 amide bonds. The van der Waals surface area contributed by atoms with Crippen LogP contribution >= 0.6 is 0 Å². The van der Waals surface area contributed by atoms with E-state index in [4.69, 9.17) is 9.47 Å². The topological polar surface area (TPSA) is 33.7 Å². The second-order valence-electron chi connectivity index (χ2n) is 5.37. The first kappa shape index (κ1) is 13.3. The molecule has 0 bridgehead atoms. The number of likely N-dealkylation sites (N-methyl/N-ethyl adjacent to an activating group) is 2. The van der Waals surface area contributed by atoms with Gasteiger partial charge in [-0.05, 0) is 39.8 Å². The molecular formula is C13H26N2O2. The van der Waals surface area contributed by atoms with Crippen molar-refractivity contribution in [3.8, 4) is 0 Å². The molecule has 0 radical (unpaired) electrons. The molecule has 0 saturated carbocycles. The zero-order chi connectivity index (χ0) is 12.1. The lowest BCUT2D eigenvalue weighted by Crippen LogP contribution is -2.35. The standard InChI is InChI=1S/C13H26N2O2/c1-14-8-11-5-6-13(17-11)10-15(2)9-12-4-3-7-16-12/h11-14H,3-10H2,1-2H3. The Morgan fingerprint density at radius 3 is 2.59 bits per heavy atom. The number of rotatable bonds is 6. The van der Waals surface area contributed by atoms with E-state index in [1.807, 2.05) is 7.05 Å². The zero-order valence-corrected chi connectivity index (χ0v) is 11.2. The molecular weight excluding hydrogens is 216 g/mol. The molecule has 4 heteroatoms. The predicted octanol–water partition coefficient (Wildman–Crippen LogP) is 0.864. The van der Waals surface area contributed by atoms with Crippen LogP contribution in [0.5, 0.6) is 0 Å². The lowest BCUT2D eigenvalue weighted by molar-refractivity contribution is 0.0164. The SMILES string of the molecule is CNCC1CCC(CN(C)CC2CCCO2)O1. The summed E-state index contributed by atoms with van der Waals surface area (Å²) in [6, 6.07) is 0. The summed E-state index contributed by atoms with van der Waals surface area (Å²) in [6.45, 7) is 4.02. The Kier molecular flexibility index (Phi) is 5.22. The summed E-state index contributed by atoms with van der Waals surface area (Å²) in [4.78, 5) is 2.36. The van der Waals surface area contributed by atoms with Gasteiger partial charge in [-0.1, -0.05) is 0 Å². The van der Waals surface area contributed by atoms with Gasteiger partial charge in [0, 0.05) is 26.2 Å².